The molecule has 9 heteroatoms. The quantitative estimate of drug-likeness (QED) is 0.706. The van der Waals surface area contributed by atoms with Gasteiger partial charge in [0.15, 0.2) is 0 Å². The van der Waals surface area contributed by atoms with Crippen LogP contribution in [0.1, 0.15) is 37.1 Å². The number of rotatable bonds is 5. The minimum Gasteiger partial charge on any atom is -0.354 e. The van der Waals surface area contributed by atoms with Crippen LogP contribution in [0.25, 0.3) is 0 Å². The SMILES string of the molecule is CC(NC(=O)C1(N)CC1)c1ccc(Nc2ccc(Cl)cc2C(F)(F)F)cn1. The summed E-state index contributed by atoms with van der Waals surface area (Å²) in [5, 5.41) is 5.49. The van der Waals surface area contributed by atoms with E-state index < -0.39 is 17.3 Å². The number of halogens is 4. The van der Waals surface area contributed by atoms with Crippen LogP contribution < -0.4 is 16.4 Å². The third-order valence-electron chi connectivity index (χ3n) is 4.38. The van der Waals surface area contributed by atoms with Crippen LogP contribution in [0.3, 0.4) is 0 Å². The zero-order valence-corrected chi connectivity index (χ0v) is 15.2. The maximum Gasteiger partial charge on any atom is 0.418 e. The Hall–Kier alpha value is -2.32. The summed E-state index contributed by atoms with van der Waals surface area (Å²) in [5.74, 6) is -0.227. The molecule has 144 valence electrons. The van der Waals surface area contributed by atoms with Crippen LogP contribution in [0, 0.1) is 0 Å². The number of nitrogens with zero attached hydrogens (tertiary/aromatic N) is 1. The predicted molar refractivity (Wildman–Crippen MR) is 96.7 cm³/mol. The molecule has 1 fully saturated rings. The number of nitrogens with two attached hydrogens (primary N) is 1. The molecule has 0 radical (unpaired) electrons. The normalized spacial score (nSPS) is 16.5. The molecule has 0 bridgehead atoms. The molecule has 1 aliphatic rings. The average molecular weight is 399 g/mol. The van der Waals surface area contributed by atoms with Gasteiger partial charge in [-0.05, 0) is 50.1 Å². The Morgan fingerprint density at radius 1 is 1.30 bits per heavy atom. The summed E-state index contributed by atoms with van der Waals surface area (Å²) in [6, 6.07) is 6.36. The van der Waals surface area contributed by atoms with Gasteiger partial charge in [0.1, 0.15) is 0 Å². The van der Waals surface area contributed by atoms with E-state index in [0.29, 0.717) is 24.2 Å². The maximum atomic E-state index is 13.2. The summed E-state index contributed by atoms with van der Waals surface area (Å²) >= 11 is 5.68. The molecule has 1 aromatic carbocycles. The second kappa shape index (κ2) is 7.01. The molecule has 2 aromatic rings. The van der Waals surface area contributed by atoms with Crippen molar-refractivity contribution >= 4 is 28.9 Å². The molecule has 0 aliphatic heterocycles. The molecule has 4 N–H and O–H groups in total. The van der Waals surface area contributed by atoms with Crippen molar-refractivity contribution in [1.82, 2.24) is 10.3 Å². The molecular formula is C18H18ClF3N4O. The number of hydrogen-bond acceptors (Lipinski definition) is 4. The van der Waals surface area contributed by atoms with Gasteiger partial charge in [0.25, 0.3) is 0 Å². The first kappa shape index (κ1) is 19.4. The monoisotopic (exact) mass is 398 g/mol. The van der Waals surface area contributed by atoms with Crippen molar-refractivity contribution < 1.29 is 18.0 Å². The van der Waals surface area contributed by atoms with Crippen molar-refractivity contribution in [2.75, 3.05) is 5.32 Å². The highest BCUT2D eigenvalue weighted by molar-refractivity contribution is 6.30. The molecule has 0 spiro atoms. The van der Waals surface area contributed by atoms with Crippen molar-refractivity contribution in [3.8, 4) is 0 Å². The standard InChI is InChI=1S/C18H18ClF3N4O/c1-10(25-16(27)17(23)6-7-17)14-5-3-12(9-24-14)26-15-4-2-11(19)8-13(15)18(20,21)22/h2-5,8-10,26H,6-7,23H2,1H3,(H,25,27). The van der Waals surface area contributed by atoms with Gasteiger partial charge in [0.2, 0.25) is 5.91 Å². The number of benzene rings is 1. The van der Waals surface area contributed by atoms with E-state index in [-0.39, 0.29) is 22.7 Å². The molecule has 1 saturated carbocycles. The largest absolute Gasteiger partial charge is 0.418 e. The summed E-state index contributed by atoms with van der Waals surface area (Å²) in [6.07, 6.45) is -1.82. The fraction of sp³-hybridized carbons (Fsp3) is 0.333. The van der Waals surface area contributed by atoms with E-state index in [4.69, 9.17) is 17.3 Å². The minimum atomic E-state index is -4.54. The highest BCUT2D eigenvalue weighted by atomic mass is 35.5. The van der Waals surface area contributed by atoms with E-state index in [1.165, 1.54) is 18.3 Å². The Balaban J connectivity index is 1.72. The fourth-order valence-corrected chi connectivity index (χ4v) is 2.70. The van der Waals surface area contributed by atoms with E-state index >= 15 is 0 Å². The average Bonchev–Trinajstić information content (AvgIpc) is 3.35. The highest BCUT2D eigenvalue weighted by Crippen LogP contribution is 2.37. The molecule has 1 unspecified atom stereocenters. The number of hydrogen-bond donors (Lipinski definition) is 3. The van der Waals surface area contributed by atoms with Crippen LogP contribution in [0.4, 0.5) is 24.5 Å². The number of aromatic nitrogens is 1. The highest BCUT2D eigenvalue weighted by Gasteiger charge is 2.46. The molecule has 1 atom stereocenters. The van der Waals surface area contributed by atoms with E-state index in [0.717, 1.165) is 6.07 Å². The van der Waals surface area contributed by atoms with Gasteiger partial charge in [-0.1, -0.05) is 11.6 Å². The summed E-state index contributed by atoms with van der Waals surface area (Å²) in [6.45, 7) is 1.76. The summed E-state index contributed by atoms with van der Waals surface area (Å²) in [4.78, 5) is 16.2. The number of nitrogens with one attached hydrogen (secondary N) is 2. The number of carbonyl (C=O) groups excluding carboxylic acids is 1. The first-order valence-corrected chi connectivity index (χ1v) is 8.66. The molecular weight excluding hydrogens is 381 g/mol. The lowest BCUT2D eigenvalue weighted by molar-refractivity contribution is -0.137. The van der Waals surface area contributed by atoms with Gasteiger partial charge in [0.05, 0.1) is 40.4 Å². The van der Waals surface area contributed by atoms with Crippen molar-refractivity contribution in [2.45, 2.75) is 37.5 Å². The van der Waals surface area contributed by atoms with Crippen LogP contribution in [-0.2, 0) is 11.0 Å². The Bertz CT molecular complexity index is 851. The smallest absolute Gasteiger partial charge is 0.354 e. The first-order valence-electron chi connectivity index (χ1n) is 8.28. The van der Waals surface area contributed by atoms with E-state index in [9.17, 15) is 18.0 Å². The van der Waals surface area contributed by atoms with Crippen LogP contribution in [0.15, 0.2) is 36.5 Å². The zero-order valence-electron chi connectivity index (χ0n) is 14.4. The van der Waals surface area contributed by atoms with Crippen LogP contribution in [0.5, 0.6) is 0 Å². The van der Waals surface area contributed by atoms with E-state index in [2.05, 4.69) is 15.6 Å². The lowest BCUT2D eigenvalue weighted by Crippen LogP contribution is -2.43. The number of amides is 1. The minimum absolute atomic E-state index is 0.000692. The lowest BCUT2D eigenvalue weighted by atomic mass is 10.1. The second-order valence-corrected chi connectivity index (χ2v) is 7.07. The molecule has 0 saturated heterocycles. The van der Waals surface area contributed by atoms with Gasteiger partial charge in [-0.2, -0.15) is 13.2 Å². The number of alkyl halides is 3. The maximum absolute atomic E-state index is 13.2. The molecule has 5 nitrogen and oxygen atoms in total. The third-order valence-corrected chi connectivity index (χ3v) is 4.62. The van der Waals surface area contributed by atoms with Crippen LogP contribution in [0.2, 0.25) is 5.02 Å². The molecule has 3 rings (SSSR count). The predicted octanol–water partition coefficient (Wildman–Crippen LogP) is 4.17. The van der Waals surface area contributed by atoms with Crippen molar-refractivity contribution in [2.24, 2.45) is 5.73 Å². The fourth-order valence-electron chi connectivity index (χ4n) is 2.53. The van der Waals surface area contributed by atoms with Gasteiger partial charge < -0.3 is 16.4 Å². The van der Waals surface area contributed by atoms with Gasteiger partial charge in [-0.3, -0.25) is 9.78 Å². The van der Waals surface area contributed by atoms with Crippen LogP contribution >= 0.6 is 11.6 Å². The Labute approximate surface area is 159 Å². The summed E-state index contributed by atoms with van der Waals surface area (Å²) < 4.78 is 39.5. The van der Waals surface area contributed by atoms with Gasteiger partial charge >= 0.3 is 6.18 Å². The second-order valence-electron chi connectivity index (χ2n) is 6.64. The molecule has 1 aliphatic carbocycles. The molecule has 1 heterocycles. The van der Waals surface area contributed by atoms with E-state index in [1.54, 1.807) is 19.1 Å². The number of carbonyl (C=O) groups is 1. The zero-order chi connectivity index (χ0) is 19.8. The van der Waals surface area contributed by atoms with Crippen LogP contribution in [-0.4, -0.2) is 16.4 Å². The Morgan fingerprint density at radius 2 is 2.00 bits per heavy atom. The van der Waals surface area contributed by atoms with Gasteiger partial charge in [-0.25, -0.2) is 0 Å². The first-order chi connectivity index (χ1) is 12.6. The Kier molecular flexibility index (Phi) is 5.05. The van der Waals surface area contributed by atoms with Crippen molar-refractivity contribution in [3.05, 3.63) is 52.8 Å². The summed E-state index contributed by atoms with van der Waals surface area (Å²) in [5.41, 5.74) is 5.03. The lowest BCUT2D eigenvalue weighted by Gasteiger charge is -2.18. The molecule has 1 aromatic heterocycles. The molecule has 1 amide bonds. The van der Waals surface area contributed by atoms with Crippen molar-refractivity contribution in [1.29, 1.82) is 0 Å². The number of anilines is 2. The topological polar surface area (TPSA) is 80.0 Å². The Morgan fingerprint density at radius 3 is 2.56 bits per heavy atom. The third kappa shape index (κ3) is 4.51. The van der Waals surface area contributed by atoms with Gasteiger partial charge in [0, 0.05) is 5.02 Å². The van der Waals surface area contributed by atoms with Gasteiger partial charge in [-0.15, -0.1) is 0 Å². The molecule has 27 heavy (non-hydrogen) atoms. The van der Waals surface area contributed by atoms with E-state index in [1.807, 2.05) is 0 Å². The summed E-state index contributed by atoms with van der Waals surface area (Å²) in [7, 11) is 0. The van der Waals surface area contributed by atoms with Crippen molar-refractivity contribution in [3.63, 3.8) is 0 Å². The number of pyridine rings is 1.